The summed E-state index contributed by atoms with van der Waals surface area (Å²) in [5, 5.41) is 0. The van der Waals surface area contributed by atoms with Crippen molar-refractivity contribution in [3.8, 4) is 0 Å². The Morgan fingerprint density at radius 2 is 0.600 bits per heavy atom. The zero-order valence-electron chi connectivity index (χ0n) is 3.52. The molecule has 16 valence electrons. The zero-order chi connectivity index (χ0) is 0. The van der Waals surface area contributed by atoms with Gasteiger partial charge in [-0.3, -0.25) is 0 Å². The fourth-order valence-electron chi connectivity index (χ4n) is 0. The molecule has 0 aliphatic rings. The first kappa shape index (κ1) is 40.4. The Kier molecular flexibility index (Phi) is 214. The molecular weight excluding hydrogens is 176 g/mol. The minimum Gasteiger partial charge on any atom is -2.00 e. The van der Waals surface area contributed by atoms with Crippen molar-refractivity contribution in [2.24, 2.45) is 0 Å². The molecule has 0 bridgehead atoms. The van der Waals surface area contributed by atoms with Crippen LogP contribution in [0.1, 0.15) is 0 Å². The molecule has 0 aromatic rings. The molecule has 0 atom stereocenters. The molecule has 0 aliphatic heterocycles. The fraction of sp³-hybridized carbons (Fsp3) is 0. The maximum atomic E-state index is 0. The number of hydrogen-bond acceptors (Lipinski definition) is 0. The van der Waals surface area contributed by atoms with Crippen LogP contribution in [0.15, 0.2) is 0 Å². The third kappa shape index (κ3) is 18.8. The Bertz CT molecular complexity index is 7.61. The minimum absolute atomic E-state index is 0. The van der Waals surface area contributed by atoms with Gasteiger partial charge in [0.15, 0.2) is 0 Å². The molecule has 0 unspecified atom stereocenters. The van der Waals surface area contributed by atoms with E-state index in [9.17, 15) is 0 Å². The van der Waals surface area contributed by atoms with Crippen LogP contribution in [-0.2, 0) is 46.5 Å². The van der Waals surface area contributed by atoms with Crippen molar-refractivity contribution in [1.82, 2.24) is 0 Å². The van der Waals surface area contributed by atoms with Gasteiger partial charge in [0.05, 0.1) is 0 Å². The van der Waals surface area contributed by atoms with Gasteiger partial charge in [-0.1, -0.05) is 0 Å². The molecule has 0 nitrogen and oxygen atoms in total. The zero-order valence-corrected chi connectivity index (χ0v) is 12.1. The second-order valence-electron chi connectivity index (χ2n) is 0. The van der Waals surface area contributed by atoms with Crippen molar-refractivity contribution in [1.29, 1.82) is 0 Å². The summed E-state index contributed by atoms with van der Waals surface area (Å²) in [7, 11) is 0. The Morgan fingerprint density at radius 1 is 0.600 bits per heavy atom. The normalized spacial score (nSPS) is 0. The van der Waals surface area contributed by atoms with Crippen molar-refractivity contribution in [2.75, 3.05) is 0 Å². The van der Waals surface area contributed by atoms with Crippen molar-refractivity contribution < 1.29 is 78.6 Å². The molecule has 0 aromatic heterocycles. The molecule has 0 fully saturated rings. The summed E-state index contributed by atoms with van der Waals surface area (Å²) < 4.78 is 0. The fourth-order valence-corrected chi connectivity index (χ4v) is 0. The summed E-state index contributed by atoms with van der Waals surface area (Å²) >= 11 is 0. The van der Waals surface area contributed by atoms with E-state index < -0.39 is 0 Å². The molecule has 0 aromatic carbocycles. The average molecular weight is 176 g/mol. The van der Waals surface area contributed by atoms with E-state index in [1.54, 1.807) is 0 Å². The molecule has 0 spiro atoms. The number of hydrogen-bond donors (Lipinski definition) is 0. The summed E-state index contributed by atoms with van der Waals surface area (Å²) in [6, 6.07) is 0. The topological polar surface area (TPSA) is 0 Å². The smallest absolute Gasteiger partial charge is 2.00 e. The summed E-state index contributed by atoms with van der Waals surface area (Å²) in [6.45, 7) is 0. The Morgan fingerprint density at radius 3 is 0.600 bits per heavy atom. The molecule has 0 saturated carbocycles. The van der Waals surface area contributed by atoms with E-state index in [1.807, 2.05) is 0 Å². The minimum atomic E-state index is 0. The first-order valence-corrected chi connectivity index (χ1v) is 0. The monoisotopic (exact) mass is 174 g/mol. The van der Waals surface area contributed by atoms with Crippen LogP contribution < -0.4 is 59.1 Å². The maximum Gasteiger partial charge on any atom is 2.00 e. The third-order valence-electron chi connectivity index (χ3n) is 0. The van der Waals surface area contributed by atoms with Crippen LogP contribution in [0.2, 0.25) is 0 Å². The second-order valence-corrected chi connectivity index (χ2v) is 0. The Balaban J connectivity index is 0. The van der Waals surface area contributed by atoms with Crippen molar-refractivity contribution in [2.45, 2.75) is 0 Å². The van der Waals surface area contributed by atoms with Crippen LogP contribution in [0.5, 0.6) is 0 Å². The van der Waals surface area contributed by atoms with Crippen molar-refractivity contribution in [3.63, 3.8) is 0 Å². The molecular formula is Na2S2Zn. The van der Waals surface area contributed by atoms with Crippen molar-refractivity contribution >= 4 is 27.0 Å². The van der Waals surface area contributed by atoms with E-state index in [-0.39, 0.29) is 106 Å². The van der Waals surface area contributed by atoms with E-state index in [0.29, 0.717) is 0 Å². The van der Waals surface area contributed by atoms with Gasteiger partial charge in [-0.2, -0.15) is 0 Å². The molecule has 0 rings (SSSR count). The van der Waals surface area contributed by atoms with Gasteiger partial charge in [0.25, 0.3) is 0 Å². The Hall–Kier alpha value is 3.32. The predicted octanol–water partition coefficient (Wildman–Crippen LogP) is -6.00. The van der Waals surface area contributed by atoms with Gasteiger partial charge in [-0.25, -0.2) is 0 Å². The van der Waals surface area contributed by atoms with Gasteiger partial charge in [0, 0.05) is 0 Å². The quantitative estimate of drug-likeness (QED) is 0.322. The van der Waals surface area contributed by atoms with Crippen LogP contribution >= 0.6 is 0 Å². The second kappa shape index (κ2) is 26.5. The van der Waals surface area contributed by atoms with Crippen LogP contribution in [0.25, 0.3) is 0 Å². The Labute approximate surface area is 103 Å². The molecule has 0 aliphatic carbocycles. The summed E-state index contributed by atoms with van der Waals surface area (Å²) in [6.07, 6.45) is 0. The first-order valence-electron chi connectivity index (χ1n) is 0. The van der Waals surface area contributed by atoms with Crippen LogP contribution in [0.4, 0.5) is 0 Å². The van der Waals surface area contributed by atoms with Gasteiger partial charge in [-0.05, 0) is 0 Å². The van der Waals surface area contributed by atoms with Crippen LogP contribution in [0.3, 0.4) is 0 Å². The summed E-state index contributed by atoms with van der Waals surface area (Å²) in [5.74, 6) is 0. The molecule has 5 heavy (non-hydrogen) atoms. The van der Waals surface area contributed by atoms with Gasteiger partial charge in [0.1, 0.15) is 0 Å². The molecule has 0 heterocycles. The SMILES string of the molecule is [Na+].[Na+].[S-2].[S-2].[Zn+2]. The van der Waals surface area contributed by atoms with Crippen LogP contribution in [0, 0.1) is 0 Å². The van der Waals surface area contributed by atoms with Crippen molar-refractivity contribution in [3.05, 3.63) is 0 Å². The third-order valence-corrected chi connectivity index (χ3v) is 0. The van der Waals surface area contributed by atoms with Gasteiger partial charge < -0.3 is 27.0 Å². The molecule has 0 radical (unpaired) electrons. The predicted molar refractivity (Wildman–Crippen MR) is 14.7 cm³/mol. The van der Waals surface area contributed by atoms with E-state index >= 15 is 0 Å². The first-order chi connectivity index (χ1) is 0. The van der Waals surface area contributed by atoms with E-state index in [2.05, 4.69) is 0 Å². The van der Waals surface area contributed by atoms with Gasteiger partial charge in [-0.15, -0.1) is 0 Å². The summed E-state index contributed by atoms with van der Waals surface area (Å²) in [4.78, 5) is 0. The standard InChI is InChI=1S/2Na.2S.Zn/q2*+1;2*-2;+2. The molecule has 0 amide bonds. The molecule has 0 saturated heterocycles. The van der Waals surface area contributed by atoms with E-state index in [1.165, 1.54) is 0 Å². The van der Waals surface area contributed by atoms with Gasteiger partial charge >= 0.3 is 78.6 Å². The molecule has 0 N–H and O–H groups in total. The largest absolute Gasteiger partial charge is 2.00 e. The maximum absolute atomic E-state index is 0. The number of rotatable bonds is 0. The average Bonchev–Trinajstić information content (AvgIpc) is 0. The van der Waals surface area contributed by atoms with E-state index in [0.717, 1.165) is 0 Å². The van der Waals surface area contributed by atoms with E-state index in [4.69, 9.17) is 0 Å². The van der Waals surface area contributed by atoms with Crippen LogP contribution in [-0.4, -0.2) is 0 Å². The van der Waals surface area contributed by atoms with Gasteiger partial charge in [0.2, 0.25) is 0 Å². The summed E-state index contributed by atoms with van der Waals surface area (Å²) in [5.41, 5.74) is 0. The molecule has 5 heteroatoms.